The van der Waals surface area contributed by atoms with Gasteiger partial charge in [0.1, 0.15) is 0 Å². The maximum atomic E-state index is 10.8. The Morgan fingerprint density at radius 1 is 1.04 bits per heavy atom. The molecule has 0 aliphatic rings. The molecule has 0 saturated heterocycles. The van der Waals surface area contributed by atoms with E-state index >= 15 is 0 Å². The number of benzene rings is 2. The molecule has 0 bridgehead atoms. The SMILES string of the molecule is Cc1ccc(C=Nc2cccc([N+](=O)[O-])c2)n1-c1ccccc1. The number of hydrogen-bond acceptors (Lipinski definition) is 3. The molecule has 2 aromatic carbocycles. The molecule has 1 aromatic heterocycles. The number of non-ortho nitro benzene ring substituents is 1. The Balaban J connectivity index is 1.95. The molecular formula is C18H15N3O2. The van der Waals surface area contributed by atoms with Crippen LogP contribution in [0.15, 0.2) is 71.7 Å². The molecule has 5 nitrogen and oxygen atoms in total. The van der Waals surface area contributed by atoms with Crippen molar-refractivity contribution in [3.05, 3.63) is 88.2 Å². The lowest BCUT2D eigenvalue weighted by molar-refractivity contribution is -0.384. The first-order valence-corrected chi connectivity index (χ1v) is 7.17. The molecule has 0 spiro atoms. The highest BCUT2D eigenvalue weighted by atomic mass is 16.6. The molecule has 3 aromatic rings. The highest BCUT2D eigenvalue weighted by Gasteiger charge is 2.06. The average molecular weight is 305 g/mol. The molecule has 0 N–H and O–H groups in total. The van der Waals surface area contributed by atoms with E-state index in [2.05, 4.69) is 9.56 Å². The molecular weight excluding hydrogens is 290 g/mol. The molecule has 5 heteroatoms. The Morgan fingerprint density at radius 3 is 2.57 bits per heavy atom. The maximum absolute atomic E-state index is 10.8. The number of aromatic nitrogens is 1. The normalized spacial score (nSPS) is 11.0. The Kier molecular flexibility index (Phi) is 4.01. The van der Waals surface area contributed by atoms with Crippen LogP contribution in [-0.4, -0.2) is 15.7 Å². The fourth-order valence-electron chi connectivity index (χ4n) is 2.42. The van der Waals surface area contributed by atoms with Gasteiger partial charge in [-0.1, -0.05) is 24.3 Å². The van der Waals surface area contributed by atoms with Crippen molar-refractivity contribution in [3.8, 4) is 5.69 Å². The van der Waals surface area contributed by atoms with Crippen molar-refractivity contribution >= 4 is 17.6 Å². The van der Waals surface area contributed by atoms with E-state index in [0.717, 1.165) is 17.1 Å². The Labute approximate surface area is 133 Å². The second-order valence-corrected chi connectivity index (χ2v) is 5.11. The molecule has 0 amide bonds. The first-order valence-electron chi connectivity index (χ1n) is 7.17. The Bertz CT molecular complexity index is 867. The molecule has 23 heavy (non-hydrogen) atoms. The summed E-state index contributed by atoms with van der Waals surface area (Å²) >= 11 is 0. The van der Waals surface area contributed by atoms with Crippen molar-refractivity contribution in [2.75, 3.05) is 0 Å². The topological polar surface area (TPSA) is 60.4 Å². The van der Waals surface area contributed by atoms with Crippen LogP contribution in [0.3, 0.4) is 0 Å². The summed E-state index contributed by atoms with van der Waals surface area (Å²) < 4.78 is 2.08. The van der Waals surface area contributed by atoms with Gasteiger partial charge in [0, 0.05) is 23.5 Å². The highest BCUT2D eigenvalue weighted by molar-refractivity contribution is 5.81. The zero-order chi connectivity index (χ0) is 16.2. The van der Waals surface area contributed by atoms with Crippen LogP contribution in [0.5, 0.6) is 0 Å². The van der Waals surface area contributed by atoms with E-state index in [1.807, 2.05) is 49.4 Å². The van der Waals surface area contributed by atoms with E-state index in [9.17, 15) is 10.1 Å². The number of aryl methyl sites for hydroxylation is 1. The van der Waals surface area contributed by atoms with Crippen molar-refractivity contribution in [1.29, 1.82) is 0 Å². The first kappa shape index (κ1) is 14.7. The van der Waals surface area contributed by atoms with Gasteiger partial charge < -0.3 is 4.57 Å². The van der Waals surface area contributed by atoms with E-state index in [4.69, 9.17) is 0 Å². The number of nitro groups is 1. The van der Waals surface area contributed by atoms with Crippen molar-refractivity contribution in [1.82, 2.24) is 4.57 Å². The third-order valence-electron chi connectivity index (χ3n) is 3.51. The third-order valence-corrected chi connectivity index (χ3v) is 3.51. The third kappa shape index (κ3) is 3.18. The fraction of sp³-hybridized carbons (Fsp3) is 0.0556. The standard InChI is InChI=1S/C18H15N3O2/c1-14-10-11-18(20(14)16-7-3-2-4-8-16)13-19-15-6-5-9-17(12-15)21(22)23/h2-13H,1H3. The number of para-hydroxylation sites is 1. The fourth-order valence-corrected chi connectivity index (χ4v) is 2.42. The van der Waals surface area contributed by atoms with Gasteiger partial charge in [-0.05, 0) is 37.3 Å². The minimum Gasteiger partial charge on any atom is -0.313 e. The van der Waals surface area contributed by atoms with Gasteiger partial charge in [-0.25, -0.2) is 0 Å². The molecule has 114 valence electrons. The van der Waals surface area contributed by atoms with E-state index in [-0.39, 0.29) is 5.69 Å². The van der Waals surface area contributed by atoms with Crippen LogP contribution in [-0.2, 0) is 0 Å². The number of aliphatic imine (C=N–C) groups is 1. The molecule has 0 fully saturated rings. The average Bonchev–Trinajstić information content (AvgIpc) is 2.94. The molecule has 0 aliphatic carbocycles. The second kappa shape index (κ2) is 6.27. The summed E-state index contributed by atoms with van der Waals surface area (Å²) in [5, 5.41) is 10.8. The summed E-state index contributed by atoms with van der Waals surface area (Å²) in [6.45, 7) is 2.03. The van der Waals surface area contributed by atoms with E-state index in [1.165, 1.54) is 12.1 Å². The van der Waals surface area contributed by atoms with Crippen molar-refractivity contribution in [2.45, 2.75) is 6.92 Å². The predicted molar refractivity (Wildman–Crippen MR) is 90.9 cm³/mol. The predicted octanol–water partition coefficient (Wildman–Crippen LogP) is 4.44. The summed E-state index contributed by atoms with van der Waals surface area (Å²) in [6, 6.07) is 20.3. The number of nitro benzene ring substituents is 1. The van der Waals surface area contributed by atoms with Crippen molar-refractivity contribution in [3.63, 3.8) is 0 Å². The number of rotatable bonds is 4. The minimum atomic E-state index is -0.421. The van der Waals surface area contributed by atoms with Gasteiger partial charge >= 0.3 is 0 Å². The molecule has 3 rings (SSSR count). The van der Waals surface area contributed by atoms with Gasteiger partial charge in [0.2, 0.25) is 0 Å². The van der Waals surface area contributed by atoms with Crippen LogP contribution in [0.2, 0.25) is 0 Å². The summed E-state index contributed by atoms with van der Waals surface area (Å²) in [5.74, 6) is 0. The van der Waals surface area contributed by atoms with E-state index in [0.29, 0.717) is 5.69 Å². The molecule has 0 aliphatic heterocycles. The summed E-state index contributed by atoms with van der Waals surface area (Å²) in [6.07, 6.45) is 1.72. The van der Waals surface area contributed by atoms with Crippen molar-refractivity contribution < 1.29 is 4.92 Å². The molecule has 0 atom stereocenters. The molecule has 0 radical (unpaired) electrons. The number of hydrogen-bond donors (Lipinski definition) is 0. The van der Waals surface area contributed by atoms with Gasteiger partial charge in [0.15, 0.2) is 0 Å². The maximum Gasteiger partial charge on any atom is 0.271 e. The Morgan fingerprint density at radius 2 is 1.83 bits per heavy atom. The van der Waals surface area contributed by atoms with Crippen LogP contribution in [0.25, 0.3) is 5.69 Å². The first-order chi connectivity index (χ1) is 11.1. The Hall–Kier alpha value is -3.21. The summed E-state index contributed by atoms with van der Waals surface area (Å²) in [7, 11) is 0. The monoisotopic (exact) mass is 305 g/mol. The zero-order valence-corrected chi connectivity index (χ0v) is 12.6. The van der Waals surface area contributed by atoms with E-state index in [1.54, 1.807) is 18.3 Å². The van der Waals surface area contributed by atoms with Gasteiger partial charge in [-0.3, -0.25) is 15.1 Å². The van der Waals surface area contributed by atoms with Gasteiger partial charge in [0.25, 0.3) is 5.69 Å². The minimum absolute atomic E-state index is 0.0364. The zero-order valence-electron chi connectivity index (χ0n) is 12.6. The smallest absolute Gasteiger partial charge is 0.271 e. The van der Waals surface area contributed by atoms with E-state index < -0.39 is 4.92 Å². The van der Waals surface area contributed by atoms with Crippen LogP contribution < -0.4 is 0 Å². The lowest BCUT2D eigenvalue weighted by Gasteiger charge is -2.08. The van der Waals surface area contributed by atoms with Crippen LogP contribution in [0, 0.1) is 17.0 Å². The second-order valence-electron chi connectivity index (χ2n) is 5.11. The lowest BCUT2D eigenvalue weighted by Crippen LogP contribution is -2.00. The molecule has 0 saturated carbocycles. The van der Waals surface area contributed by atoms with Crippen LogP contribution >= 0.6 is 0 Å². The largest absolute Gasteiger partial charge is 0.313 e. The molecule has 0 unspecified atom stereocenters. The van der Waals surface area contributed by atoms with Crippen LogP contribution in [0.1, 0.15) is 11.4 Å². The van der Waals surface area contributed by atoms with Gasteiger partial charge in [-0.15, -0.1) is 0 Å². The van der Waals surface area contributed by atoms with Crippen LogP contribution in [0.4, 0.5) is 11.4 Å². The highest BCUT2D eigenvalue weighted by Crippen LogP contribution is 2.20. The summed E-state index contributed by atoms with van der Waals surface area (Å²) in [5.41, 5.74) is 3.65. The quantitative estimate of drug-likeness (QED) is 0.406. The summed E-state index contributed by atoms with van der Waals surface area (Å²) in [4.78, 5) is 14.8. The number of nitrogens with zero attached hydrogens (tertiary/aromatic N) is 3. The van der Waals surface area contributed by atoms with Gasteiger partial charge in [-0.2, -0.15) is 0 Å². The molecule has 1 heterocycles. The lowest BCUT2D eigenvalue weighted by atomic mass is 10.3. The van der Waals surface area contributed by atoms with Gasteiger partial charge in [0.05, 0.1) is 22.5 Å². The van der Waals surface area contributed by atoms with Crippen molar-refractivity contribution in [2.24, 2.45) is 4.99 Å².